The van der Waals surface area contributed by atoms with Gasteiger partial charge < -0.3 is 24.9 Å². The van der Waals surface area contributed by atoms with Crippen LogP contribution in [0.2, 0.25) is 0 Å². The molecule has 2 atom stereocenters. The predicted molar refractivity (Wildman–Crippen MR) is 140 cm³/mol. The number of aromatic nitrogens is 3. The molecule has 0 spiro atoms. The molecule has 0 aliphatic carbocycles. The standard InChI is InChI=1S/C27H41FN6O/c1-5-8-19(9-6-2)25(29)27-32-31-26(35-27)24-16-21-22(30-20-12-14-33(4)15-13-20)10-7-11-23(21)34(24)17-18(3)28/h7,10-11,16,18-20,25,30H,5-6,8-9,12-15,17,29H2,1-4H3. The van der Waals surface area contributed by atoms with Crippen molar-refractivity contribution in [2.75, 3.05) is 25.5 Å². The molecule has 2 aromatic heterocycles. The van der Waals surface area contributed by atoms with E-state index in [1.165, 1.54) is 0 Å². The number of benzene rings is 1. The van der Waals surface area contributed by atoms with Gasteiger partial charge in [-0.15, -0.1) is 10.2 Å². The van der Waals surface area contributed by atoms with E-state index in [-0.39, 0.29) is 12.6 Å². The van der Waals surface area contributed by atoms with Crippen LogP contribution in [-0.4, -0.2) is 52.0 Å². The quantitative estimate of drug-likeness (QED) is 0.359. The Bertz CT molecular complexity index is 1080. The van der Waals surface area contributed by atoms with Gasteiger partial charge in [-0.05, 0) is 76.9 Å². The van der Waals surface area contributed by atoms with Crippen LogP contribution in [0.4, 0.5) is 10.1 Å². The molecular formula is C27H41FN6O. The van der Waals surface area contributed by atoms with Crippen molar-refractivity contribution in [2.45, 2.75) is 84.1 Å². The largest absolute Gasteiger partial charge is 0.418 e. The fourth-order valence-electron chi connectivity index (χ4n) is 5.33. The lowest BCUT2D eigenvalue weighted by Gasteiger charge is -2.30. The summed E-state index contributed by atoms with van der Waals surface area (Å²) in [5.74, 6) is 1.16. The van der Waals surface area contributed by atoms with E-state index in [1.54, 1.807) is 6.92 Å². The molecule has 7 nitrogen and oxygen atoms in total. The van der Waals surface area contributed by atoms with E-state index < -0.39 is 6.17 Å². The number of alkyl halides is 1. The van der Waals surface area contributed by atoms with Crippen molar-refractivity contribution in [3.05, 3.63) is 30.2 Å². The third-order valence-electron chi connectivity index (χ3n) is 7.23. The Morgan fingerprint density at radius 2 is 1.89 bits per heavy atom. The van der Waals surface area contributed by atoms with Gasteiger partial charge in [0.1, 0.15) is 11.9 Å². The molecule has 8 heteroatoms. The third kappa shape index (κ3) is 5.86. The summed E-state index contributed by atoms with van der Waals surface area (Å²) in [5, 5.41) is 13.5. The lowest BCUT2D eigenvalue weighted by Crippen LogP contribution is -2.36. The second-order valence-electron chi connectivity index (χ2n) is 10.2. The van der Waals surface area contributed by atoms with Crippen LogP contribution in [0.15, 0.2) is 28.7 Å². The van der Waals surface area contributed by atoms with Gasteiger partial charge >= 0.3 is 0 Å². The Labute approximate surface area is 208 Å². The highest BCUT2D eigenvalue weighted by atomic mass is 19.1. The number of likely N-dealkylation sites (tertiary alicyclic amines) is 1. The van der Waals surface area contributed by atoms with Gasteiger partial charge in [0.25, 0.3) is 5.89 Å². The lowest BCUT2D eigenvalue weighted by atomic mass is 9.91. The molecule has 1 saturated heterocycles. The summed E-state index contributed by atoms with van der Waals surface area (Å²) in [6.45, 7) is 8.30. The van der Waals surface area contributed by atoms with Gasteiger partial charge in [0.2, 0.25) is 5.89 Å². The normalized spacial score (nSPS) is 17.3. The highest BCUT2D eigenvalue weighted by molar-refractivity contribution is 5.96. The van der Waals surface area contributed by atoms with Gasteiger partial charge in [-0.25, -0.2) is 4.39 Å². The summed E-state index contributed by atoms with van der Waals surface area (Å²) >= 11 is 0. The first-order valence-corrected chi connectivity index (χ1v) is 13.2. The fourth-order valence-corrected chi connectivity index (χ4v) is 5.33. The molecule has 1 aromatic carbocycles. The molecule has 0 saturated carbocycles. The summed E-state index contributed by atoms with van der Waals surface area (Å²) in [6.07, 6.45) is 5.37. The maximum Gasteiger partial charge on any atom is 0.264 e. The molecule has 192 valence electrons. The molecular weight excluding hydrogens is 443 g/mol. The number of nitrogens with two attached hydrogens (primary N) is 1. The lowest BCUT2D eigenvalue weighted by molar-refractivity contribution is 0.264. The van der Waals surface area contributed by atoms with E-state index in [9.17, 15) is 4.39 Å². The average Bonchev–Trinajstić information content (AvgIpc) is 3.46. The molecule has 1 aliphatic rings. The topological polar surface area (TPSA) is 85.1 Å². The first kappa shape index (κ1) is 25.6. The number of fused-ring (bicyclic) bond motifs is 1. The van der Waals surface area contributed by atoms with Crippen molar-refractivity contribution in [3.8, 4) is 11.6 Å². The predicted octanol–water partition coefficient (Wildman–Crippen LogP) is 5.77. The van der Waals surface area contributed by atoms with Gasteiger partial charge in [-0.3, -0.25) is 0 Å². The maximum absolute atomic E-state index is 14.3. The van der Waals surface area contributed by atoms with E-state index >= 15 is 0 Å². The van der Waals surface area contributed by atoms with Gasteiger partial charge in [0.05, 0.1) is 18.1 Å². The zero-order valence-electron chi connectivity index (χ0n) is 21.6. The van der Waals surface area contributed by atoms with Crippen LogP contribution in [-0.2, 0) is 6.54 Å². The highest BCUT2D eigenvalue weighted by Crippen LogP contribution is 2.35. The summed E-state index contributed by atoms with van der Waals surface area (Å²) in [6, 6.07) is 8.33. The Balaban J connectivity index is 1.68. The number of anilines is 1. The van der Waals surface area contributed by atoms with E-state index in [1.807, 2.05) is 22.8 Å². The zero-order valence-corrected chi connectivity index (χ0v) is 21.6. The SMILES string of the molecule is CCCC(CCC)C(N)c1nnc(-c2cc3c(NC4CCN(C)CC4)cccc3n2CC(C)F)o1. The van der Waals surface area contributed by atoms with Crippen LogP contribution in [0, 0.1) is 5.92 Å². The second kappa shape index (κ2) is 11.5. The summed E-state index contributed by atoms with van der Waals surface area (Å²) in [4.78, 5) is 2.36. The van der Waals surface area contributed by atoms with Gasteiger partial charge in [0, 0.05) is 17.1 Å². The molecule has 2 unspecified atom stereocenters. The molecule has 1 fully saturated rings. The van der Waals surface area contributed by atoms with E-state index in [2.05, 4.69) is 47.4 Å². The van der Waals surface area contributed by atoms with Gasteiger partial charge in [-0.2, -0.15) is 0 Å². The van der Waals surface area contributed by atoms with Crippen molar-refractivity contribution in [2.24, 2.45) is 11.7 Å². The molecule has 1 aliphatic heterocycles. The van der Waals surface area contributed by atoms with E-state index in [0.29, 0.717) is 23.7 Å². The summed E-state index contributed by atoms with van der Waals surface area (Å²) in [5.41, 5.74) is 9.31. The molecule has 0 radical (unpaired) electrons. The first-order chi connectivity index (χ1) is 16.9. The van der Waals surface area contributed by atoms with Crippen LogP contribution in [0.3, 0.4) is 0 Å². The Kier molecular flexibility index (Phi) is 8.44. The van der Waals surface area contributed by atoms with Gasteiger partial charge in [0.15, 0.2) is 0 Å². The second-order valence-corrected chi connectivity index (χ2v) is 10.2. The smallest absolute Gasteiger partial charge is 0.264 e. The van der Waals surface area contributed by atoms with Crippen LogP contribution in [0.25, 0.3) is 22.5 Å². The van der Waals surface area contributed by atoms with Crippen LogP contribution < -0.4 is 11.1 Å². The number of halogens is 1. The van der Waals surface area contributed by atoms with Crippen molar-refractivity contribution >= 4 is 16.6 Å². The first-order valence-electron chi connectivity index (χ1n) is 13.2. The van der Waals surface area contributed by atoms with Crippen molar-refractivity contribution < 1.29 is 8.81 Å². The molecule has 4 rings (SSSR count). The van der Waals surface area contributed by atoms with E-state index in [4.69, 9.17) is 10.2 Å². The van der Waals surface area contributed by atoms with E-state index in [0.717, 1.165) is 73.9 Å². The number of piperidine rings is 1. The van der Waals surface area contributed by atoms with Crippen molar-refractivity contribution in [1.82, 2.24) is 19.7 Å². The molecule has 0 bridgehead atoms. The minimum Gasteiger partial charge on any atom is -0.418 e. The number of rotatable bonds is 11. The zero-order chi connectivity index (χ0) is 24.9. The van der Waals surface area contributed by atoms with Crippen LogP contribution in [0.1, 0.15) is 71.2 Å². The van der Waals surface area contributed by atoms with Crippen molar-refractivity contribution in [1.29, 1.82) is 0 Å². The minimum absolute atomic E-state index is 0.217. The highest BCUT2D eigenvalue weighted by Gasteiger charge is 2.26. The average molecular weight is 485 g/mol. The summed E-state index contributed by atoms with van der Waals surface area (Å²) < 4.78 is 22.4. The molecule has 3 aromatic rings. The number of nitrogens with zero attached hydrogens (tertiary/aromatic N) is 4. The van der Waals surface area contributed by atoms with Crippen molar-refractivity contribution in [3.63, 3.8) is 0 Å². The van der Waals surface area contributed by atoms with Crippen LogP contribution >= 0.6 is 0 Å². The molecule has 0 amide bonds. The molecule has 35 heavy (non-hydrogen) atoms. The fraction of sp³-hybridized carbons (Fsp3) is 0.630. The number of hydrogen-bond acceptors (Lipinski definition) is 6. The number of hydrogen-bond donors (Lipinski definition) is 2. The number of nitrogens with one attached hydrogen (secondary N) is 1. The molecule has 3 N–H and O–H groups in total. The summed E-state index contributed by atoms with van der Waals surface area (Å²) in [7, 11) is 2.17. The Morgan fingerprint density at radius 3 is 2.54 bits per heavy atom. The monoisotopic (exact) mass is 484 g/mol. The minimum atomic E-state index is -1.02. The van der Waals surface area contributed by atoms with Gasteiger partial charge in [-0.1, -0.05) is 32.8 Å². The molecule has 3 heterocycles. The van der Waals surface area contributed by atoms with Crippen LogP contribution in [0.5, 0.6) is 0 Å². The Morgan fingerprint density at radius 1 is 1.17 bits per heavy atom. The third-order valence-corrected chi connectivity index (χ3v) is 7.23. The maximum atomic E-state index is 14.3. The Hall–Kier alpha value is -2.45.